The molecule has 1 unspecified atom stereocenters. The van der Waals surface area contributed by atoms with Gasteiger partial charge in [-0.2, -0.15) is 0 Å². The van der Waals surface area contributed by atoms with Crippen molar-refractivity contribution in [1.29, 1.82) is 0 Å². The molecule has 0 saturated carbocycles. The minimum absolute atomic E-state index is 0.166. The number of hydrogen-bond donors (Lipinski definition) is 1. The third kappa shape index (κ3) is 4.42. The van der Waals surface area contributed by atoms with Gasteiger partial charge in [0.2, 0.25) is 0 Å². The number of piperidine rings is 1. The van der Waals surface area contributed by atoms with Crippen LogP contribution in [0.5, 0.6) is 0 Å². The molecule has 0 radical (unpaired) electrons. The van der Waals surface area contributed by atoms with Crippen LogP contribution in [0, 0.1) is 5.92 Å². The molecule has 1 N–H and O–H groups in total. The van der Waals surface area contributed by atoms with Gasteiger partial charge in [0, 0.05) is 25.4 Å². The second-order valence-corrected chi connectivity index (χ2v) is 4.91. The van der Waals surface area contributed by atoms with Gasteiger partial charge in [0.05, 0.1) is 6.42 Å². The number of rotatable bonds is 2. The lowest BCUT2D eigenvalue weighted by Gasteiger charge is -2.24. The van der Waals surface area contributed by atoms with Gasteiger partial charge in [-0.25, -0.2) is 0 Å². The van der Waals surface area contributed by atoms with E-state index in [2.05, 4.69) is 5.32 Å². The van der Waals surface area contributed by atoms with E-state index in [9.17, 15) is 9.59 Å². The van der Waals surface area contributed by atoms with Crippen molar-refractivity contribution in [3.05, 3.63) is 0 Å². The number of ketones is 1. The first-order valence-corrected chi connectivity index (χ1v) is 5.34. The molecule has 1 saturated heterocycles. The topological polar surface area (TPSA) is 55.4 Å². The zero-order chi connectivity index (χ0) is 11.5. The minimum Gasteiger partial charge on any atom is -0.460 e. The average Bonchev–Trinajstić information content (AvgIpc) is 2.05. The molecule has 0 aromatic rings. The molecular formula is C11H19NO3. The fourth-order valence-electron chi connectivity index (χ4n) is 1.58. The maximum atomic E-state index is 11.5. The van der Waals surface area contributed by atoms with E-state index in [1.165, 1.54) is 0 Å². The zero-order valence-corrected chi connectivity index (χ0v) is 9.63. The van der Waals surface area contributed by atoms with Gasteiger partial charge in [-0.1, -0.05) is 0 Å². The van der Waals surface area contributed by atoms with E-state index in [1.54, 1.807) is 0 Å². The highest BCUT2D eigenvalue weighted by Gasteiger charge is 2.26. The number of ether oxygens (including phenoxy) is 1. The summed E-state index contributed by atoms with van der Waals surface area (Å²) in [4.78, 5) is 22.9. The second-order valence-electron chi connectivity index (χ2n) is 4.91. The van der Waals surface area contributed by atoms with Crippen LogP contribution >= 0.6 is 0 Å². The molecular weight excluding hydrogens is 194 g/mol. The third-order valence-electron chi connectivity index (χ3n) is 2.23. The summed E-state index contributed by atoms with van der Waals surface area (Å²) in [7, 11) is 0. The Hall–Kier alpha value is -0.900. The van der Waals surface area contributed by atoms with Crippen LogP contribution in [0.2, 0.25) is 0 Å². The quantitative estimate of drug-likeness (QED) is 0.692. The monoisotopic (exact) mass is 213 g/mol. The Morgan fingerprint density at radius 3 is 2.73 bits per heavy atom. The molecule has 15 heavy (non-hydrogen) atoms. The zero-order valence-electron chi connectivity index (χ0n) is 9.63. The van der Waals surface area contributed by atoms with Gasteiger partial charge in [-0.3, -0.25) is 9.59 Å². The smallest absolute Gasteiger partial charge is 0.307 e. The standard InChI is InChI=1S/C11H19NO3/c1-11(2,3)15-10(14)6-8-7-12-5-4-9(8)13/h8,12H,4-7H2,1-3H3. The van der Waals surface area contributed by atoms with Gasteiger partial charge in [-0.05, 0) is 20.8 Å². The maximum absolute atomic E-state index is 11.5. The van der Waals surface area contributed by atoms with Crippen molar-refractivity contribution in [3.63, 3.8) is 0 Å². The lowest BCUT2D eigenvalue weighted by Crippen LogP contribution is -2.39. The van der Waals surface area contributed by atoms with E-state index in [1.807, 2.05) is 20.8 Å². The first-order chi connectivity index (χ1) is 6.88. The van der Waals surface area contributed by atoms with Crippen LogP contribution in [-0.2, 0) is 14.3 Å². The Balaban J connectivity index is 2.40. The third-order valence-corrected chi connectivity index (χ3v) is 2.23. The molecule has 0 aromatic heterocycles. The molecule has 1 aliphatic heterocycles. The van der Waals surface area contributed by atoms with Gasteiger partial charge < -0.3 is 10.1 Å². The van der Waals surface area contributed by atoms with E-state index in [0.717, 1.165) is 6.54 Å². The normalized spacial score (nSPS) is 22.6. The van der Waals surface area contributed by atoms with Gasteiger partial charge in [0.25, 0.3) is 0 Å². The van der Waals surface area contributed by atoms with Crippen molar-refractivity contribution >= 4 is 11.8 Å². The van der Waals surface area contributed by atoms with E-state index in [-0.39, 0.29) is 24.1 Å². The van der Waals surface area contributed by atoms with Crippen LogP contribution < -0.4 is 5.32 Å². The molecule has 1 atom stereocenters. The summed E-state index contributed by atoms with van der Waals surface area (Å²) >= 11 is 0. The average molecular weight is 213 g/mol. The SMILES string of the molecule is CC(C)(C)OC(=O)CC1CNCCC1=O. The van der Waals surface area contributed by atoms with Crippen LogP contribution in [-0.4, -0.2) is 30.4 Å². The number of nitrogens with one attached hydrogen (secondary N) is 1. The van der Waals surface area contributed by atoms with Crippen molar-refractivity contribution in [2.75, 3.05) is 13.1 Å². The highest BCUT2D eigenvalue weighted by Crippen LogP contribution is 2.14. The Morgan fingerprint density at radius 2 is 2.20 bits per heavy atom. The van der Waals surface area contributed by atoms with Crippen molar-refractivity contribution < 1.29 is 14.3 Å². The van der Waals surface area contributed by atoms with E-state index < -0.39 is 5.60 Å². The molecule has 4 heteroatoms. The molecule has 1 aliphatic rings. The maximum Gasteiger partial charge on any atom is 0.307 e. The Morgan fingerprint density at radius 1 is 1.53 bits per heavy atom. The van der Waals surface area contributed by atoms with Crippen molar-refractivity contribution in [2.45, 2.75) is 39.2 Å². The number of Topliss-reactive ketones (excluding diaryl/α,β-unsaturated/α-hetero) is 1. The van der Waals surface area contributed by atoms with Crippen molar-refractivity contribution in [3.8, 4) is 0 Å². The Kier molecular flexibility index (Phi) is 3.85. The lowest BCUT2D eigenvalue weighted by atomic mass is 9.95. The molecule has 0 aromatic carbocycles. The van der Waals surface area contributed by atoms with E-state index in [0.29, 0.717) is 13.0 Å². The lowest BCUT2D eigenvalue weighted by molar-refractivity contribution is -0.157. The van der Waals surface area contributed by atoms with E-state index >= 15 is 0 Å². The molecule has 1 heterocycles. The van der Waals surface area contributed by atoms with Gasteiger partial charge >= 0.3 is 5.97 Å². The first kappa shape index (κ1) is 12.2. The minimum atomic E-state index is -0.470. The fourth-order valence-corrected chi connectivity index (χ4v) is 1.58. The van der Waals surface area contributed by atoms with Crippen LogP contribution in [0.3, 0.4) is 0 Å². The fraction of sp³-hybridized carbons (Fsp3) is 0.818. The predicted molar refractivity (Wildman–Crippen MR) is 56.4 cm³/mol. The predicted octanol–water partition coefficient (Wildman–Crippen LogP) is 0.897. The first-order valence-electron chi connectivity index (χ1n) is 5.34. The summed E-state index contributed by atoms with van der Waals surface area (Å²) in [5.41, 5.74) is -0.470. The van der Waals surface area contributed by atoms with Crippen LogP contribution in [0.15, 0.2) is 0 Å². The Bertz CT molecular complexity index is 255. The van der Waals surface area contributed by atoms with Crippen molar-refractivity contribution in [2.24, 2.45) is 5.92 Å². The van der Waals surface area contributed by atoms with Crippen LogP contribution in [0.4, 0.5) is 0 Å². The van der Waals surface area contributed by atoms with Gasteiger partial charge in [0.1, 0.15) is 11.4 Å². The van der Waals surface area contributed by atoms with Gasteiger partial charge in [-0.15, -0.1) is 0 Å². The molecule has 1 rings (SSSR count). The largest absolute Gasteiger partial charge is 0.460 e. The number of carbonyl (C=O) groups is 2. The molecule has 0 bridgehead atoms. The second kappa shape index (κ2) is 4.75. The number of carbonyl (C=O) groups excluding carboxylic acids is 2. The summed E-state index contributed by atoms with van der Waals surface area (Å²) in [6.07, 6.45) is 0.719. The highest BCUT2D eigenvalue weighted by molar-refractivity contribution is 5.86. The van der Waals surface area contributed by atoms with E-state index in [4.69, 9.17) is 4.74 Å². The summed E-state index contributed by atoms with van der Waals surface area (Å²) < 4.78 is 5.17. The highest BCUT2D eigenvalue weighted by atomic mass is 16.6. The molecule has 4 nitrogen and oxygen atoms in total. The van der Waals surface area contributed by atoms with Gasteiger partial charge in [0.15, 0.2) is 0 Å². The molecule has 0 spiro atoms. The summed E-state index contributed by atoms with van der Waals surface area (Å²) in [6.45, 7) is 6.80. The molecule has 1 fully saturated rings. The van der Waals surface area contributed by atoms with Crippen LogP contribution in [0.25, 0.3) is 0 Å². The molecule has 0 amide bonds. The Labute approximate surface area is 90.4 Å². The van der Waals surface area contributed by atoms with Crippen LogP contribution in [0.1, 0.15) is 33.6 Å². The number of hydrogen-bond acceptors (Lipinski definition) is 4. The summed E-state index contributed by atoms with van der Waals surface area (Å²) in [5, 5.41) is 3.10. The number of esters is 1. The summed E-state index contributed by atoms with van der Waals surface area (Å²) in [5.74, 6) is -0.322. The van der Waals surface area contributed by atoms with Crippen molar-refractivity contribution in [1.82, 2.24) is 5.32 Å². The summed E-state index contributed by atoms with van der Waals surface area (Å²) in [6, 6.07) is 0. The molecule has 0 aliphatic carbocycles. The molecule has 86 valence electrons.